The van der Waals surface area contributed by atoms with Crippen LogP contribution in [0.3, 0.4) is 0 Å². The molecule has 5 heteroatoms. The second-order valence-corrected chi connectivity index (χ2v) is 7.57. The van der Waals surface area contributed by atoms with Gasteiger partial charge in [0.2, 0.25) is 11.8 Å². The second kappa shape index (κ2) is 8.02. The zero-order chi connectivity index (χ0) is 18.6. The topological polar surface area (TPSA) is 40.6 Å². The van der Waals surface area contributed by atoms with Crippen LogP contribution >= 0.6 is 0 Å². The van der Waals surface area contributed by atoms with Crippen molar-refractivity contribution in [2.75, 3.05) is 26.2 Å². The summed E-state index contributed by atoms with van der Waals surface area (Å²) in [6.45, 7) is 6.62. The lowest BCUT2D eigenvalue weighted by molar-refractivity contribution is -0.141. The molecule has 4 nitrogen and oxygen atoms in total. The number of hydrogen-bond acceptors (Lipinski definition) is 2. The molecule has 0 saturated carbocycles. The van der Waals surface area contributed by atoms with Gasteiger partial charge in [-0.25, -0.2) is 4.39 Å². The zero-order valence-electron chi connectivity index (χ0n) is 15.3. The van der Waals surface area contributed by atoms with Gasteiger partial charge in [0.15, 0.2) is 0 Å². The third kappa shape index (κ3) is 4.32. The van der Waals surface area contributed by atoms with Crippen molar-refractivity contribution in [1.29, 1.82) is 0 Å². The van der Waals surface area contributed by atoms with Gasteiger partial charge in [-0.05, 0) is 48.8 Å². The van der Waals surface area contributed by atoms with Gasteiger partial charge in [0.05, 0.1) is 0 Å². The molecule has 0 unspecified atom stereocenters. The number of piperidine rings is 2. The Morgan fingerprint density at radius 3 is 2.73 bits per heavy atom. The molecule has 26 heavy (non-hydrogen) atoms. The van der Waals surface area contributed by atoms with Gasteiger partial charge in [0.25, 0.3) is 0 Å². The molecule has 0 bridgehead atoms. The molecule has 1 aromatic rings. The molecule has 0 atom stereocenters. The van der Waals surface area contributed by atoms with Crippen molar-refractivity contribution < 1.29 is 14.0 Å². The highest BCUT2D eigenvalue weighted by Gasteiger charge is 2.41. The van der Waals surface area contributed by atoms with Crippen LogP contribution in [-0.4, -0.2) is 47.8 Å². The molecule has 2 amide bonds. The zero-order valence-corrected chi connectivity index (χ0v) is 15.3. The van der Waals surface area contributed by atoms with Crippen molar-refractivity contribution in [2.24, 2.45) is 5.41 Å². The Labute approximate surface area is 154 Å². The van der Waals surface area contributed by atoms with E-state index >= 15 is 0 Å². The quantitative estimate of drug-likeness (QED) is 0.759. The first-order chi connectivity index (χ1) is 12.5. The van der Waals surface area contributed by atoms with Gasteiger partial charge in [0, 0.05) is 39.0 Å². The normalized spacial score (nSPS) is 19.7. The van der Waals surface area contributed by atoms with Crippen molar-refractivity contribution in [3.05, 3.63) is 48.3 Å². The first-order valence-corrected chi connectivity index (χ1v) is 9.42. The lowest BCUT2D eigenvalue weighted by Crippen LogP contribution is -2.52. The largest absolute Gasteiger partial charge is 0.343 e. The molecule has 3 rings (SSSR count). The minimum absolute atomic E-state index is 0.138. The van der Waals surface area contributed by atoms with Crippen LogP contribution in [0.4, 0.5) is 4.39 Å². The Morgan fingerprint density at radius 1 is 1.27 bits per heavy atom. The highest BCUT2D eigenvalue weighted by molar-refractivity contribution is 5.78. The predicted molar refractivity (Wildman–Crippen MR) is 99.0 cm³/mol. The summed E-state index contributed by atoms with van der Waals surface area (Å²) < 4.78 is 13.2. The molecule has 2 aliphatic heterocycles. The van der Waals surface area contributed by atoms with E-state index in [0.717, 1.165) is 44.5 Å². The standard InChI is InChI=1S/C21H27FN2O2/c1-2-12-24-16-21(9-8-20(24)26)10-13-23(14-11-21)19(25)7-6-17-4-3-5-18(22)15-17/h2-5,15H,1,6-14,16H2. The smallest absolute Gasteiger partial charge is 0.222 e. The Morgan fingerprint density at radius 2 is 2.04 bits per heavy atom. The number of amides is 2. The summed E-state index contributed by atoms with van der Waals surface area (Å²) in [5.74, 6) is 0.0915. The Balaban J connectivity index is 1.50. The van der Waals surface area contributed by atoms with E-state index in [9.17, 15) is 14.0 Å². The minimum atomic E-state index is -0.259. The first-order valence-electron chi connectivity index (χ1n) is 9.42. The van der Waals surface area contributed by atoms with Crippen LogP contribution in [0.25, 0.3) is 0 Å². The van der Waals surface area contributed by atoms with Crippen LogP contribution in [0.15, 0.2) is 36.9 Å². The van der Waals surface area contributed by atoms with Crippen molar-refractivity contribution in [1.82, 2.24) is 9.80 Å². The lowest BCUT2D eigenvalue weighted by Gasteiger charge is -2.47. The molecular formula is C21H27FN2O2. The number of likely N-dealkylation sites (tertiary alicyclic amines) is 2. The average Bonchev–Trinajstić information content (AvgIpc) is 2.64. The number of halogens is 1. The Kier molecular flexibility index (Phi) is 5.74. The van der Waals surface area contributed by atoms with E-state index in [1.807, 2.05) is 15.9 Å². The molecule has 0 N–H and O–H groups in total. The monoisotopic (exact) mass is 358 g/mol. The highest BCUT2D eigenvalue weighted by atomic mass is 19.1. The fourth-order valence-electron chi connectivity index (χ4n) is 4.16. The number of benzene rings is 1. The van der Waals surface area contributed by atoms with Gasteiger partial charge in [-0.1, -0.05) is 18.2 Å². The molecule has 140 valence electrons. The van der Waals surface area contributed by atoms with E-state index in [4.69, 9.17) is 0 Å². The number of carbonyl (C=O) groups excluding carboxylic acids is 2. The van der Waals surface area contributed by atoms with Gasteiger partial charge in [-0.15, -0.1) is 6.58 Å². The third-order valence-corrected chi connectivity index (χ3v) is 5.79. The highest BCUT2D eigenvalue weighted by Crippen LogP contribution is 2.40. The van der Waals surface area contributed by atoms with Crippen LogP contribution in [0.5, 0.6) is 0 Å². The van der Waals surface area contributed by atoms with Crippen molar-refractivity contribution in [3.8, 4) is 0 Å². The summed E-state index contributed by atoms with van der Waals surface area (Å²) in [6, 6.07) is 6.44. The van der Waals surface area contributed by atoms with Crippen molar-refractivity contribution in [2.45, 2.75) is 38.5 Å². The summed E-state index contributed by atoms with van der Waals surface area (Å²) in [6.07, 6.45) is 6.17. The van der Waals surface area contributed by atoms with Gasteiger partial charge in [0.1, 0.15) is 5.82 Å². The van der Waals surface area contributed by atoms with E-state index in [1.165, 1.54) is 12.1 Å². The molecule has 1 aromatic carbocycles. The Hall–Kier alpha value is -2.17. The number of rotatable bonds is 5. The number of hydrogen-bond donors (Lipinski definition) is 0. The minimum Gasteiger partial charge on any atom is -0.343 e. The average molecular weight is 358 g/mol. The van der Waals surface area contributed by atoms with Crippen LogP contribution in [0.1, 0.15) is 37.7 Å². The van der Waals surface area contributed by atoms with Gasteiger partial charge >= 0.3 is 0 Å². The summed E-state index contributed by atoms with van der Waals surface area (Å²) in [5, 5.41) is 0. The van der Waals surface area contributed by atoms with Crippen LogP contribution in [0.2, 0.25) is 0 Å². The molecular weight excluding hydrogens is 331 g/mol. The van der Waals surface area contributed by atoms with E-state index < -0.39 is 0 Å². The maximum atomic E-state index is 13.2. The lowest BCUT2D eigenvalue weighted by atomic mass is 9.72. The molecule has 2 heterocycles. The van der Waals surface area contributed by atoms with Crippen molar-refractivity contribution in [3.63, 3.8) is 0 Å². The molecule has 2 aliphatic rings. The van der Waals surface area contributed by atoms with Gasteiger partial charge < -0.3 is 9.80 Å². The fourth-order valence-corrected chi connectivity index (χ4v) is 4.16. The molecule has 1 spiro atoms. The van der Waals surface area contributed by atoms with E-state index in [2.05, 4.69) is 6.58 Å². The van der Waals surface area contributed by atoms with E-state index in [1.54, 1.807) is 12.1 Å². The summed E-state index contributed by atoms with van der Waals surface area (Å²) >= 11 is 0. The molecule has 2 fully saturated rings. The van der Waals surface area contributed by atoms with Crippen LogP contribution in [-0.2, 0) is 16.0 Å². The van der Waals surface area contributed by atoms with Gasteiger partial charge in [-0.2, -0.15) is 0 Å². The molecule has 0 radical (unpaired) electrons. The van der Waals surface area contributed by atoms with Crippen LogP contribution in [0, 0.1) is 11.2 Å². The fraction of sp³-hybridized carbons (Fsp3) is 0.524. The van der Waals surface area contributed by atoms with Crippen molar-refractivity contribution >= 4 is 11.8 Å². The summed E-state index contributed by atoms with van der Waals surface area (Å²) in [7, 11) is 0. The predicted octanol–water partition coefficient (Wildman–Crippen LogP) is 3.18. The number of aryl methyl sites for hydroxylation is 1. The molecule has 0 aromatic heterocycles. The first kappa shape index (κ1) is 18.6. The van der Waals surface area contributed by atoms with E-state index in [0.29, 0.717) is 25.8 Å². The number of carbonyl (C=O) groups is 2. The third-order valence-electron chi connectivity index (χ3n) is 5.79. The maximum Gasteiger partial charge on any atom is 0.222 e. The van der Waals surface area contributed by atoms with Crippen LogP contribution < -0.4 is 0 Å². The summed E-state index contributed by atoms with van der Waals surface area (Å²) in [4.78, 5) is 28.3. The maximum absolute atomic E-state index is 13.2. The second-order valence-electron chi connectivity index (χ2n) is 7.57. The Bertz CT molecular complexity index is 680. The number of nitrogens with zero attached hydrogens (tertiary/aromatic N) is 2. The molecule has 0 aliphatic carbocycles. The van der Waals surface area contributed by atoms with E-state index in [-0.39, 0.29) is 23.0 Å². The SMILES string of the molecule is C=CCN1CC2(CCC1=O)CCN(C(=O)CCc1cccc(F)c1)CC2. The molecule has 2 saturated heterocycles. The summed E-state index contributed by atoms with van der Waals surface area (Å²) in [5.41, 5.74) is 1.01. The van der Waals surface area contributed by atoms with Gasteiger partial charge in [-0.3, -0.25) is 9.59 Å².